The van der Waals surface area contributed by atoms with Crippen molar-refractivity contribution in [3.05, 3.63) is 74.9 Å². The molecular weight excluding hydrogens is 599 g/mol. The Bertz CT molecular complexity index is 1120. The molecule has 0 bridgehead atoms. The van der Waals surface area contributed by atoms with E-state index < -0.39 is 23.9 Å². The summed E-state index contributed by atoms with van der Waals surface area (Å²) in [4.78, 5) is 44.4. The normalized spacial score (nSPS) is 14.4. The van der Waals surface area contributed by atoms with E-state index in [2.05, 4.69) is 34.4 Å². The molecule has 1 aromatic heterocycles. The summed E-state index contributed by atoms with van der Waals surface area (Å²) in [6, 6.07) is 9.56. The van der Waals surface area contributed by atoms with Crippen molar-refractivity contribution in [2.75, 3.05) is 39.8 Å². The molecule has 3 rings (SSSR count). The van der Waals surface area contributed by atoms with E-state index in [9.17, 15) is 19.2 Å². The Balaban J connectivity index is 0.000000433. The summed E-state index contributed by atoms with van der Waals surface area (Å²) < 4.78 is 6.24. The molecule has 1 atom stereocenters. The first kappa shape index (κ1) is 35.6. The quantitative estimate of drug-likeness (QED) is 0.256. The molecule has 0 saturated carbocycles. The lowest BCUT2D eigenvalue weighted by Gasteiger charge is -2.32. The summed E-state index contributed by atoms with van der Waals surface area (Å²) in [5, 5.41) is 34.6. The molecule has 2 aromatic rings. The number of hydrogen-bond acceptors (Lipinski definition) is 8. The number of piperazine rings is 1. The van der Waals surface area contributed by atoms with Crippen LogP contribution in [0.4, 0.5) is 0 Å². The van der Waals surface area contributed by atoms with Crippen molar-refractivity contribution in [1.29, 1.82) is 0 Å². The first-order chi connectivity index (χ1) is 19.4. The van der Waals surface area contributed by atoms with Crippen LogP contribution in [0.1, 0.15) is 23.8 Å². The molecule has 14 heteroatoms. The second-order valence-corrected chi connectivity index (χ2v) is 10.3. The lowest BCUT2D eigenvalue weighted by molar-refractivity contribution is -0.134. The number of halogens is 2. The third kappa shape index (κ3) is 17.1. The number of ether oxygens (including phenoxy) is 1. The molecule has 1 aromatic carbocycles. The first-order valence-corrected chi connectivity index (χ1v) is 13.8. The predicted molar refractivity (Wildman–Crippen MR) is 156 cm³/mol. The van der Waals surface area contributed by atoms with E-state index in [0.717, 1.165) is 45.6 Å². The second kappa shape index (κ2) is 19.6. The zero-order chi connectivity index (χ0) is 30.8. The van der Waals surface area contributed by atoms with Crippen molar-refractivity contribution >= 4 is 58.4 Å². The van der Waals surface area contributed by atoms with Crippen molar-refractivity contribution < 1.29 is 44.3 Å². The van der Waals surface area contributed by atoms with Gasteiger partial charge in [0.15, 0.2) is 0 Å². The number of carboxylic acid groups (broad SMARTS) is 4. The smallest absolute Gasteiger partial charge is 0.328 e. The Morgan fingerprint density at radius 1 is 0.902 bits per heavy atom. The van der Waals surface area contributed by atoms with E-state index in [1.165, 1.54) is 4.88 Å². The maximum absolute atomic E-state index is 9.55. The molecule has 2 heterocycles. The Hall–Kier alpha value is -3.42. The fraction of sp³-hybridized carbons (Fsp3) is 0.333. The highest BCUT2D eigenvalue weighted by atomic mass is 35.5. The summed E-state index contributed by atoms with van der Waals surface area (Å²) in [7, 11) is 2.19. The number of aliphatic carboxylic acids is 4. The summed E-state index contributed by atoms with van der Waals surface area (Å²) in [6.07, 6.45) is 4.32. The second-order valence-electron chi connectivity index (χ2n) is 8.50. The van der Waals surface area contributed by atoms with Crippen LogP contribution in [0.25, 0.3) is 0 Å². The van der Waals surface area contributed by atoms with E-state index in [1.807, 2.05) is 0 Å². The number of carbonyl (C=O) groups is 4. The van der Waals surface area contributed by atoms with Gasteiger partial charge < -0.3 is 35.0 Å². The molecule has 1 aliphatic heterocycles. The van der Waals surface area contributed by atoms with Crippen molar-refractivity contribution in [2.45, 2.75) is 18.9 Å². The van der Waals surface area contributed by atoms with Crippen LogP contribution >= 0.6 is 34.5 Å². The summed E-state index contributed by atoms with van der Waals surface area (Å²) >= 11 is 14.1. The van der Waals surface area contributed by atoms with E-state index in [4.69, 9.17) is 48.4 Å². The maximum atomic E-state index is 9.55. The van der Waals surface area contributed by atoms with Gasteiger partial charge in [-0.05, 0) is 50.0 Å². The highest BCUT2D eigenvalue weighted by Crippen LogP contribution is 2.34. The zero-order valence-corrected chi connectivity index (χ0v) is 24.5. The Labute approximate surface area is 251 Å². The van der Waals surface area contributed by atoms with Gasteiger partial charge >= 0.3 is 23.9 Å². The van der Waals surface area contributed by atoms with Gasteiger partial charge in [-0.25, -0.2) is 19.2 Å². The largest absolute Gasteiger partial charge is 0.483 e. The predicted octanol–water partition coefficient (Wildman–Crippen LogP) is 4.63. The van der Waals surface area contributed by atoms with Crippen LogP contribution < -0.4 is 4.74 Å². The zero-order valence-electron chi connectivity index (χ0n) is 22.2. The summed E-state index contributed by atoms with van der Waals surface area (Å²) in [5.41, 5.74) is 0. The Morgan fingerprint density at radius 3 is 1.90 bits per heavy atom. The van der Waals surface area contributed by atoms with E-state index >= 15 is 0 Å². The van der Waals surface area contributed by atoms with Crippen molar-refractivity contribution in [2.24, 2.45) is 0 Å². The van der Waals surface area contributed by atoms with Gasteiger partial charge in [0.05, 0.1) is 5.02 Å². The average molecular weight is 632 g/mol. The van der Waals surface area contributed by atoms with Crippen molar-refractivity contribution in [3.63, 3.8) is 0 Å². The first-order valence-electron chi connectivity index (χ1n) is 12.2. The highest BCUT2D eigenvalue weighted by Gasteiger charge is 2.18. The molecule has 224 valence electrons. The Morgan fingerprint density at radius 2 is 1.44 bits per heavy atom. The van der Waals surface area contributed by atoms with Gasteiger partial charge in [0.2, 0.25) is 0 Å². The molecule has 1 fully saturated rings. The van der Waals surface area contributed by atoms with Crippen LogP contribution in [0.5, 0.6) is 5.75 Å². The molecule has 0 radical (unpaired) electrons. The fourth-order valence-corrected chi connectivity index (χ4v) is 4.42. The van der Waals surface area contributed by atoms with Gasteiger partial charge in [-0.3, -0.25) is 0 Å². The van der Waals surface area contributed by atoms with Crippen LogP contribution in [0.2, 0.25) is 10.0 Å². The van der Waals surface area contributed by atoms with Crippen LogP contribution in [0.3, 0.4) is 0 Å². The Kier molecular flexibility index (Phi) is 17.0. The molecule has 11 nitrogen and oxygen atoms in total. The number of thiophene rings is 1. The SMILES string of the molecule is CN1CCN(CCCC(Oc2cc(Cl)ccc2Cl)c2cccs2)CC1.O=C(O)/C=C/C(=O)O.O=C(O)/C=C/C(=O)O. The standard InChI is InChI=1S/C19H24Cl2N2OS.2C4H4O4/c1-22-9-11-23(12-10-22)8-2-4-17(19-5-3-13-25-19)24-18-14-15(20)6-7-16(18)21;2*5-3(6)1-2-4(7)8/h3,5-7,13-14,17H,2,4,8-12H2,1H3;2*1-2H,(H,5,6)(H,7,8)/b;2*2-1+. The number of rotatable bonds is 11. The molecule has 1 aliphatic rings. The maximum Gasteiger partial charge on any atom is 0.328 e. The van der Waals surface area contributed by atoms with E-state index in [-0.39, 0.29) is 6.10 Å². The number of carboxylic acids is 4. The molecular formula is C27H32Cl2N2O9S. The van der Waals surface area contributed by atoms with Crippen molar-refractivity contribution in [1.82, 2.24) is 9.80 Å². The van der Waals surface area contributed by atoms with E-state index in [0.29, 0.717) is 40.1 Å². The fourth-order valence-electron chi connectivity index (χ4n) is 3.31. The molecule has 1 unspecified atom stereocenters. The number of benzene rings is 1. The molecule has 0 spiro atoms. The van der Waals surface area contributed by atoms with E-state index in [1.54, 1.807) is 29.5 Å². The topological polar surface area (TPSA) is 165 Å². The lowest BCUT2D eigenvalue weighted by Crippen LogP contribution is -2.44. The summed E-state index contributed by atoms with van der Waals surface area (Å²) in [5.74, 6) is -4.37. The number of hydrogen-bond donors (Lipinski definition) is 4. The monoisotopic (exact) mass is 630 g/mol. The van der Waals surface area contributed by atoms with Crippen LogP contribution in [0.15, 0.2) is 60.0 Å². The van der Waals surface area contributed by atoms with Gasteiger partial charge in [-0.1, -0.05) is 29.3 Å². The highest BCUT2D eigenvalue weighted by molar-refractivity contribution is 7.10. The number of likely N-dealkylation sites (N-methyl/N-ethyl adjacent to an activating group) is 1. The van der Waals surface area contributed by atoms with Gasteiger partial charge in [0.1, 0.15) is 11.9 Å². The third-order valence-corrected chi connectivity index (χ3v) is 6.81. The molecule has 0 aliphatic carbocycles. The molecule has 41 heavy (non-hydrogen) atoms. The third-order valence-electron chi connectivity index (χ3n) is 5.30. The molecule has 4 N–H and O–H groups in total. The minimum atomic E-state index is -1.26. The van der Waals surface area contributed by atoms with Crippen LogP contribution in [-0.4, -0.2) is 93.9 Å². The van der Waals surface area contributed by atoms with Crippen LogP contribution in [-0.2, 0) is 19.2 Å². The number of nitrogens with zero attached hydrogens (tertiary/aromatic N) is 2. The lowest BCUT2D eigenvalue weighted by atomic mass is 10.1. The average Bonchev–Trinajstić information content (AvgIpc) is 3.45. The van der Waals surface area contributed by atoms with Gasteiger partial charge in [-0.2, -0.15) is 0 Å². The van der Waals surface area contributed by atoms with Gasteiger partial charge in [-0.15, -0.1) is 11.3 Å². The molecule has 0 amide bonds. The minimum Gasteiger partial charge on any atom is -0.483 e. The van der Waals surface area contributed by atoms with Gasteiger partial charge in [0.25, 0.3) is 0 Å². The minimum absolute atomic E-state index is 0.0171. The van der Waals surface area contributed by atoms with Crippen molar-refractivity contribution in [3.8, 4) is 5.75 Å². The summed E-state index contributed by atoms with van der Waals surface area (Å²) in [6.45, 7) is 5.73. The van der Waals surface area contributed by atoms with Crippen LogP contribution in [0, 0.1) is 0 Å². The van der Waals surface area contributed by atoms with Gasteiger partial charge in [0, 0.05) is 66.4 Å². The molecule has 1 saturated heterocycles.